The lowest BCUT2D eigenvalue weighted by Gasteiger charge is -2.33. The molecule has 2 rings (SSSR count). The highest BCUT2D eigenvalue weighted by molar-refractivity contribution is 7.91. The minimum Gasteiger partial charge on any atom is -0.377 e. The number of benzene rings is 1. The molecule has 1 aliphatic heterocycles. The van der Waals surface area contributed by atoms with Crippen LogP contribution in [0.3, 0.4) is 0 Å². The summed E-state index contributed by atoms with van der Waals surface area (Å²) in [6.07, 6.45) is -0.0186. The van der Waals surface area contributed by atoms with E-state index in [1.165, 1.54) is 24.3 Å². The number of hydrogen-bond acceptors (Lipinski definition) is 4. The van der Waals surface area contributed by atoms with E-state index >= 15 is 0 Å². The van der Waals surface area contributed by atoms with Crippen molar-refractivity contribution in [3.63, 3.8) is 0 Å². The molecule has 0 N–H and O–H groups in total. The molecule has 7 heteroatoms. The molecule has 0 aliphatic carbocycles. The third kappa shape index (κ3) is 4.18. The van der Waals surface area contributed by atoms with Gasteiger partial charge in [0.25, 0.3) is 0 Å². The van der Waals surface area contributed by atoms with Crippen LogP contribution in [0.1, 0.15) is 13.3 Å². The van der Waals surface area contributed by atoms with Gasteiger partial charge >= 0.3 is 0 Å². The summed E-state index contributed by atoms with van der Waals surface area (Å²) < 4.78 is 29.6. The van der Waals surface area contributed by atoms with Gasteiger partial charge in [0.15, 0.2) is 9.84 Å². The van der Waals surface area contributed by atoms with Crippen LogP contribution in [0.5, 0.6) is 0 Å². The molecule has 0 saturated carbocycles. The number of rotatable bonds is 4. The number of sulfone groups is 1. The molecule has 116 valence electrons. The van der Waals surface area contributed by atoms with Gasteiger partial charge in [-0.2, -0.15) is 0 Å². The molecule has 1 aromatic carbocycles. The molecule has 1 saturated heterocycles. The first-order valence-corrected chi connectivity index (χ1v) is 8.79. The Morgan fingerprint density at radius 2 is 2.05 bits per heavy atom. The van der Waals surface area contributed by atoms with Crippen LogP contribution < -0.4 is 0 Å². The van der Waals surface area contributed by atoms with Crippen molar-refractivity contribution in [2.75, 3.05) is 25.5 Å². The fourth-order valence-electron chi connectivity index (χ4n) is 2.22. The van der Waals surface area contributed by atoms with Crippen LogP contribution in [0.2, 0.25) is 5.02 Å². The third-order valence-corrected chi connectivity index (χ3v) is 5.43. The molecule has 1 amide bonds. The van der Waals surface area contributed by atoms with Crippen molar-refractivity contribution in [2.45, 2.75) is 24.3 Å². The number of halogens is 1. The highest BCUT2D eigenvalue weighted by Gasteiger charge is 2.25. The summed E-state index contributed by atoms with van der Waals surface area (Å²) in [4.78, 5) is 14.0. The van der Waals surface area contributed by atoms with Gasteiger partial charge in [0, 0.05) is 18.0 Å². The highest BCUT2D eigenvalue weighted by Crippen LogP contribution is 2.17. The Hall–Kier alpha value is -1.11. The van der Waals surface area contributed by atoms with Crippen LogP contribution in [-0.4, -0.2) is 50.8 Å². The summed E-state index contributed by atoms with van der Waals surface area (Å²) in [6, 6.07) is 5.96. The average molecular weight is 332 g/mol. The maximum absolute atomic E-state index is 12.2. The predicted octanol–water partition coefficient (Wildman–Crippen LogP) is 1.75. The van der Waals surface area contributed by atoms with Crippen molar-refractivity contribution in [3.05, 3.63) is 29.3 Å². The number of nitrogens with zero attached hydrogens (tertiary/aromatic N) is 1. The van der Waals surface area contributed by atoms with Crippen LogP contribution in [0.4, 0.5) is 0 Å². The second-order valence-electron chi connectivity index (χ2n) is 5.03. The van der Waals surface area contributed by atoms with Gasteiger partial charge in [-0.1, -0.05) is 11.6 Å². The summed E-state index contributed by atoms with van der Waals surface area (Å²) in [5, 5.41) is 0.479. The van der Waals surface area contributed by atoms with Crippen LogP contribution in [0, 0.1) is 0 Å². The summed E-state index contributed by atoms with van der Waals surface area (Å²) in [7, 11) is -3.47. The smallest absolute Gasteiger partial charge is 0.224 e. The van der Waals surface area contributed by atoms with Gasteiger partial charge in [0.2, 0.25) is 5.91 Å². The summed E-state index contributed by atoms with van der Waals surface area (Å²) in [6.45, 7) is 3.40. The van der Waals surface area contributed by atoms with E-state index in [-0.39, 0.29) is 29.0 Å². The molecule has 5 nitrogen and oxygen atoms in total. The first-order valence-electron chi connectivity index (χ1n) is 6.76. The summed E-state index contributed by atoms with van der Waals surface area (Å²) in [5.41, 5.74) is 0. The number of carbonyl (C=O) groups is 1. The Balaban J connectivity index is 1.98. The molecule has 0 radical (unpaired) electrons. The van der Waals surface area contributed by atoms with Crippen LogP contribution in [0.15, 0.2) is 29.2 Å². The topological polar surface area (TPSA) is 63.7 Å². The second kappa shape index (κ2) is 6.77. The van der Waals surface area contributed by atoms with E-state index in [9.17, 15) is 13.2 Å². The van der Waals surface area contributed by atoms with Gasteiger partial charge in [-0.05, 0) is 31.2 Å². The SMILES string of the molecule is C[C@@H]1COCCN1C(=O)CCS(=O)(=O)c1ccc(Cl)cc1. The first kappa shape index (κ1) is 16.3. The maximum atomic E-state index is 12.2. The highest BCUT2D eigenvalue weighted by atomic mass is 35.5. The van der Waals surface area contributed by atoms with Crippen molar-refractivity contribution < 1.29 is 17.9 Å². The minimum atomic E-state index is -3.47. The second-order valence-corrected chi connectivity index (χ2v) is 7.58. The maximum Gasteiger partial charge on any atom is 0.224 e. The Kier molecular flexibility index (Phi) is 5.24. The number of morpholine rings is 1. The zero-order valence-electron chi connectivity index (χ0n) is 11.8. The Bertz CT molecular complexity index is 600. The van der Waals surface area contributed by atoms with Gasteiger partial charge in [-0.15, -0.1) is 0 Å². The molecule has 1 aromatic rings. The monoisotopic (exact) mass is 331 g/mol. The molecule has 0 unspecified atom stereocenters. The molecule has 1 heterocycles. The summed E-state index contributed by atoms with van der Waals surface area (Å²) in [5.74, 6) is -0.347. The van der Waals surface area contributed by atoms with Crippen molar-refractivity contribution in [2.24, 2.45) is 0 Å². The Morgan fingerprint density at radius 3 is 2.67 bits per heavy atom. The molecule has 0 bridgehead atoms. The van der Waals surface area contributed by atoms with Gasteiger partial charge < -0.3 is 9.64 Å². The van der Waals surface area contributed by atoms with Crippen molar-refractivity contribution >= 4 is 27.3 Å². The number of hydrogen-bond donors (Lipinski definition) is 0. The van der Waals surface area contributed by atoms with Crippen LogP contribution in [-0.2, 0) is 19.4 Å². The standard InChI is InChI=1S/C14H18ClNO4S/c1-11-10-20-8-7-16(11)14(17)6-9-21(18,19)13-4-2-12(15)3-5-13/h2-5,11H,6-10H2,1H3/t11-/m1/s1. The van der Waals surface area contributed by atoms with Crippen molar-refractivity contribution in [3.8, 4) is 0 Å². The van der Waals surface area contributed by atoms with E-state index in [2.05, 4.69) is 0 Å². The van der Waals surface area contributed by atoms with E-state index in [0.29, 0.717) is 24.8 Å². The van der Waals surface area contributed by atoms with Crippen LogP contribution >= 0.6 is 11.6 Å². The van der Waals surface area contributed by atoms with E-state index in [1.54, 1.807) is 4.90 Å². The zero-order chi connectivity index (χ0) is 15.5. The molecular weight excluding hydrogens is 314 g/mol. The zero-order valence-corrected chi connectivity index (χ0v) is 13.4. The number of carbonyl (C=O) groups excluding carboxylic acids is 1. The lowest BCUT2D eigenvalue weighted by atomic mass is 10.2. The number of amides is 1. The first-order chi connectivity index (χ1) is 9.90. The van der Waals surface area contributed by atoms with Gasteiger partial charge in [0.05, 0.1) is 29.9 Å². The fraction of sp³-hybridized carbons (Fsp3) is 0.500. The number of ether oxygens (including phenoxy) is 1. The summed E-state index contributed by atoms with van der Waals surface area (Å²) >= 11 is 5.74. The minimum absolute atomic E-state index is 0.00974. The van der Waals surface area contributed by atoms with Gasteiger partial charge in [-0.3, -0.25) is 4.79 Å². The molecule has 1 aliphatic rings. The van der Waals surface area contributed by atoms with E-state index in [1.807, 2.05) is 6.92 Å². The Morgan fingerprint density at radius 1 is 1.38 bits per heavy atom. The molecule has 1 fully saturated rings. The van der Waals surface area contributed by atoms with Crippen LogP contribution in [0.25, 0.3) is 0 Å². The third-order valence-electron chi connectivity index (χ3n) is 3.45. The Labute approximate surface area is 129 Å². The molecule has 21 heavy (non-hydrogen) atoms. The molecular formula is C14H18ClNO4S. The average Bonchev–Trinajstić information content (AvgIpc) is 2.46. The van der Waals surface area contributed by atoms with Gasteiger partial charge in [-0.25, -0.2) is 8.42 Å². The molecule has 0 spiro atoms. The van der Waals surface area contributed by atoms with E-state index in [4.69, 9.17) is 16.3 Å². The predicted molar refractivity (Wildman–Crippen MR) is 80.1 cm³/mol. The van der Waals surface area contributed by atoms with E-state index in [0.717, 1.165) is 0 Å². The molecule has 1 atom stereocenters. The lowest BCUT2D eigenvalue weighted by molar-refractivity contribution is -0.138. The fourth-order valence-corrected chi connectivity index (χ4v) is 3.58. The van der Waals surface area contributed by atoms with E-state index < -0.39 is 9.84 Å². The quantitative estimate of drug-likeness (QED) is 0.843. The normalized spacial score (nSPS) is 19.5. The lowest BCUT2D eigenvalue weighted by Crippen LogP contribution is -2.47. The molecule has 0 aromatic heterocycles. The van der Waals surface area contributed by atoms with Crippen molar-refractivity contribution in [1.29, 1.82) is 0 Å². The largest absolute Gasteiger partial charge is 0.377 e. The van der Waals surface area contributed by atoms with Gasteiger partial charge in [0.1, 0.15) is 0 Å². The van der Waals surface area contributed by atoms with Crippen molar-refractivity contribution in [1.82, 2.24) is 4.90 Å².